The molecule has 0 unspecified atom stereocenters. The minimum Gasteiger partial charge on any atom is -0.462 e. The highest BCUT2D eigenvalue weighted by Crippen LogP contribution is 2.26. The molecular formula is C23H27N3O4S. The molecule has 8 heteroatoms. The smallest absolute Gasteiger partial charge is 0.340 e. The number of anilines is 2. The van der Waals surface area contributed by atoms with Gasteiger partial charge >= 0.3 is 5.97 Å². The van der Waals surface area contributed by atoms with Crippen LogP contribution in [0.2, 0.25) is 0 Å². The van der Waals surface area contributed by atoms with Crippen molar-refractivity contribution in [1.82, 2.24) is 5.32 Å². The second-order valence-electron chi connectivity index (χ2n) is 7.19. The van der Waals surface area contributed by atoms with E-state index in [2.05, 4.69) is 15.5 Å². The molecule has 0 aromatic heterocycles. The Balaban J connectivity index is 1.76. The number of hydrogen-bond acceptors (Lipinski definition) is 6. The number of amides is 1. The molecular weight excluding hydrogens is 414 g/mol. The number of ether oxygens (including phenoxy) is 2. The van der Waals surface area contributed by atoms with E-state index in [4.69, 9.17) is 21.7 Å². The number of nitrogens with zero attached hydrogens (tertiary/aromatic N) is 1. The van der Waals surface area contributed by atoms with E-state index in [0.717, 1.165) is 17.7 Å². The predicted octanol–water partition coefficient (Wildman–Crippen LogP) is 3.53. The molecule has 0 bridgehead atoms. The Morgan fingerprint density at radius 1 is 1.13 bits per heavy atom. The molecule has 1 saturated heterocycles. The molecule has 7 nitrogen and oxygen atoms in total. The van der Waals surface area contributed by atoms with Crippen molar-refractivity contribution in [3.63, 3.8) is 0 Å². The highest BCUT2D eigenvalue weighted by atomic mass is 32.1. The first-order valence-corrected chi connectivity index (χ1v) is 10.7. The van der Waals surface area contributed by atoms with Crippen LogP contribution in [0.4, 0.5) is 11.4 Å². The van der Waals surface area contributed by atoms with Crippen molar-refractivity contribution in [1.29, 1.82) is 0 Å². The van der Waals surface area contributed by atoms with E-state index in [-0.39, 0.29) is 17.0 Å². The fraction of sp³-hybridized carbons (Fsp3) is 0.348. The zero-order valence-electron chi connectivity index (χ0n) is 17.8. The van der Waals surface area contributed by atoms with Crippen LogP contribution in [0.15, 0.2) is 42.5 Å². The number of benzene rings is 2. The first-order valence-electron chi connectivity index (χ1n) is 10.3. The Morgan fingerprint density at radius 3 is 2.58 bits per heavy atom. The Morgan fingerprint density at radius 2 is 1.87 bits per heavy atom. The third-order valence-corrected chi connectivity index (χ3v) is 5.08. The Bertz CT molecular complexity index is 958. The summed E-state index contributed by atoms with van der Waals surface area (Å²) in [7, 11) is 0. The van der Waals surface area contributed by atoms with Crippen LogP contribution in [-0.4, -0.2) is 49.9 Å². The van der Waals surface area contributed by atoms with Crippen LogP contribution in [0.5, 0.6) is 0 Å². The highest BCUT2D eigenvalue weighted by Gasteiger charge is 2.21. The molecule has 1 aliphatic heterocycles. The van der Waals surface area contributed by atoms with Crippen molar-refractivity contribution in [2.75, 3.05) is 43.1 Å². The SMILES string of the molecule is CCCOC(=O)c1cc(NC(=S)NC(=O)c2ccccc2C)ccc1N1CCOCC1. The molecule has 0 atom stereocenters. The van der Waals surface area contributed by atoms with E-state index >= 15 is 0 Å². The fourth-order valence-electron chi connectivity index (χ4n) is 3.29. The zero-order valence-corrected chi connectivity index (χ0v) is 18.6. The van der Waals surface area contributed by atoms with Crippen LogP contribution in [0.3, 0.4) is 0 Å². The number of aryl methyl sites for hydroxylation is 1. The summed E-state index contributed by atoms with van der Waals surface area (Å²) in [6.45, 7) is 6.78. The van der Waals surface area contributed by atoms with Gasteiger partial charge in [0, 0.05) is 24.3 Å². The van der Waals surface area contributed by atoms with Gasteiger partial charge < -0.3 is 19.7 Å². The largest absolute Gasteiger partial charge is 0.462 e. The summed E-state index contributed by atoms with van der Waals surface area (Å²) in [4.78, 5) is 27.3. The van der Waals surface area contributed by atoms with Crippen molar-refractivity contribution < 1.29 is 19.1 Å². The van der Waals surface area contributed by atoms with Gasteiger partial charge in [0.15, 0.2) is 5.11 Å². The highest BCUT2D eigenvalue weighted by molar-refractivity contribution is 7.80. The summed E-state index contributed by atoms with van der Waals surface area (Å²) in [6.07, 6.45) is 0.742. The summed E-state index contributed by atoms with van der Waals surface area (Å²) < 4.78 is 10.8. The molecule has 2 N–H and O–H groups in total. The lowest BCUT2D eigenvalue weighted by molar-refractivity contribution is 0.0505. The van der Waals surface area contributed by atoms with Gasteiger partial charge in [0.05, 0.1) is 31.1 Å². The Hall–Kier alpha value is -2.97. The van der Waals surface area contributed by atoms with Crippen LogP contribution in [0.25, 0.3) is 0 Å². The Kier molecular flexibility index (Phi) is 7.97. The fourth-order valence-corrected chi connectivity index (χ4v) is 3.50. The molecule has 2 aromatic rings. The minimum absolute atomic E-state index is 0.153. The number of carbonyl (C=O) groups is 2. The maximum Gasteiger partial charge on any atom is 0.340 e. The number of nitrogens with one attached hydrogen (secondary N) is 2. The van der Waals surface area contributed by atoms with E-state index < -0.39 is 0 Å². The predicted molar refractivity (Wildman–Crippen MR) is 125 cm³/mol. The van der Waals surface area contributed by atoms with E-state index in [1.54, 1.807) is 18.2 Å². The van der Waals surface area contributed by atoms with Gasteiger partial charge in [-0.15, -0.1) is 0 Å². The summed E-state index contributed by atoms with van der Waals surface area (Å²) in [6, 6.07) is 12.7. The number of morpholine rings is 1. The molecule has 2 aromatic carbocycles. The van der Waals surface area contributed by atoms with Crippen molar-refractivity contribution in [2.45, 2.75) is 20.3 Å². The molecule has 0 saturated carbocycles. The summed E-state index contributed by atoms with van der Waals surface area (Å²) >= 11 is 5.31. The topological polar surface area (TPSA) is 79.9 Å². The van der Waals surface area contributed by atoms with Crippen LogP contribution in [0, 0.1) is 6.92 Å². The quantitative estimate of drug-likeness (QED) is 0.524. The second-order valence-corrected chi connectivity index (χ2v) is 7.60. The average molecular weight is 442 g/mol. The van der Waals surface area contributed by atoms with E-state index in [0.29, 0.717) is 49.7 Å². The molecule has 0 radical (unpaired) electrons. The van der Waals surface area contributed by atoms with Gasteiger partial charge in [-0.3, -0.25) is 10.1 Å². The maximum atomic E-state index is 12.7. The van der Waals surface area contributed by atoms with Gasteiger partial charge in [0.2, 0.25) is 0 Å². The monoisotopic (exact) mass is 441 g/mol. The van der Waals surface area contributed by atoms with Crippen LogP contribution in [-0.2, 0) is 9.47 Å². The van der Waals surface area contributed by atoms with Crippen LogP contribution in [0.1, 0.15) is 39.6 Å². The van der Waals surface area contributed by atoms with E-state index in [1.165, 1.54) is 0 Å². The first kappa shape index (κ1) is 22.7. The number of rotatable bonds is 6. The van der Waals surface area contributed by atoms with E-state index in [9.17, 15) is 9.59 Å². The molecule has 3 rings (SSSR count). The van der Waals surface area contributed by atoms with Crippen molar-refractivity contribution in [3.05, 3.63) is 59.2 Å². The standard InChI is InChI=1S/C23H27N3O4S/c1-3-12-30-22(28)19-15-17(8-9-20(19)26-10-13-29-14-11-26)24-23(31)25-21(27)18-7-5-4-6-16(18)2/h4-9,15H,3,10-14H2,1-2H3,(H2,24,25,27,31). The lowest BCUT2D eigenvalue weighted by Crippen LogP contribution is -2.37. The third kappa shape index (κ3) is 6.02. The second kappa shape index (κ2) is 10.9. The molecule has 1 amide bonds. The lowest BCUT2D eigenvalue weighted by atomic mass is 10.1. The molecule has 0 spiro atoms. The normalized spacial score (nSPS) is 13.4. The lowest BCUT2D eigenvalue weighted by Gasteiger charge is -2.30. The summed E-state index contributed by atoms with van der Waals surface area (Å²) in [5.74, 6) is -0.676. The van der Waals surface area contributed by atoms with Crippen molar-refractivity contribution in [2.24, 2.45) is 0 Å². The summed E-state index contributed by atoms with van der Waals surface area (Å²) in [5.41, 5.74) is 3.26. The molecule has 1 aliphatic rings. The van der Waals surface area contributed by atoms with Crippen molar-refractivity contribution >= 4 is 40.6 Å². The maximum absolute atomic E-state index is 12.7. The minimum atomic E-state index is -0.387. The van der Waals surface area contributed by atoms with Crippen LogP contribution < -0.4 is 15.5 Å². The molecule has 0 aliphatic carbocycles. The average Bonchev–Trinajstić information content (AvgIpc) is 2.78. The first-order chi connectivity index (χ1) is 15.0. The van der Waals surface area contributed by atoms with Crippen LogP contribution >= 0.6 is 12.2 Å². The van der Waals surface area contributed by atoms with Gasteiger partial charge in [-0.05, 0) is 55.4 Å². The third-order valence-electron chi connectivity index (χ3n) is 4.88. The number of esters is 1. The van der Waals surface area contributed by atoms with E-state index in [1.807, 2.05) is 38.1 Å². The molecule has 164 valence electrons. The number of carbonyl (C=O) groups excluding carboxylic acids is 2. The molecule has 31 heavy (non-hydrogen) atoms. The van der Waals surface area contributed by atoms with Gasteiger partial charge in [-0.1, -0.05) is 25.1 Å². The number of hydrogen-bond donors (Lipinski definition) is 2. The van der Waals surface area contributed by atoms with Gasteiger partial charge in [0.25, 0.3) is 5.91 Å². The van der Waals surface area contributed by atoms with Gasteiger partial charge in [-0.2, -0.15) is 0 Å². The Labute approximate surface area is 187 Å². The number of thiocarbonyl (C=S) groups is 1. The van der Waals surface area contributed by atoms with Gasteiger partial charge in [0.1, 0.15) is 0 Å². The van der Waals surface area contributed by atoms with Crippen molar-refractivity contribution in [3.8, 4) is 0 Å². The zero-order chi connectivity index (χ0) is 22.2. The van der Waals surface area contributed by atoms with Gasteiger partial charge in [-0.25, -0.2) is 4.79 Å². The summed E-state index contributed by atoms with van der Waals surface area (Å²) in [5, 5.41) is 5.83. The molecule has 1 heterocycles. The molecule has 1 fully saturated rings.